The molecule has 0 aromatic heterocycles. The summed E-state index contributed by atoms with van der Waals surface area (Å²) >= 11 is 0. The van der Waals surface area contributed by atoms with Gasteiger partial charge in [-0.05, 0) is 54.7 Å². The maximum Gasteiger partial charge on any atom is 0.206 e. The topological polar surface area (TPSA) is 34.1 Å². The van der Waals surface area contributed by atoms with Crippen molar-refractivity contribution in [1.29, 1.82) is 0 Å². The summed E-state index contributed by atoms with van der Waals surface area (Å²) in [5, 5.41) is 0. The molecule has 0 spiro atoms. The van der Waals surface area contributed by atoms with Gasteiger partial charge in [0.1, 0.15) is 0 Å². The van der Waals surface area contributed by atoms with Crippen LogP contribution in [-0.4, -0.2) is 8.42 Å². The fourth-order valence-electron chi connectivity index (χ4n) is 2.85. The molecule has 24 heavy (non-hydrogen) atoms. The van der Waals surface area contributed by atoms with Gasteiger partial charge in [0.05, 0.1) is 9.79 Å². The summed E-state index contributed by atoms with van der Waals surface area (Å²) in [6.45, 7) is 0. The average molecular weight is 336 g/mol. The number of fused-ring (bicyclic) bond motifs is 1. The maximum atomic E-state index is 12.0. The van der Waals surface area contributed by atoms with E-state index in [9.17, 15) is 8.42 Å². The normalized spacial score (nSPS) is 12.8. The second-order valence-electron chi connectivity index (χ2n) is 5.75. The van der Waals surface area contributed by atoms with Crippen molar-refractivity contribution < 1.29 is 8.42 Å². The Bertz CT molecular complexity index is 817. The van der Waals surface area contributed by atoms with Crippen molar-refractivity contribution in [2.24, 2.45) is 0 Å². The van der Waals surface area contributed by atoms with Gasteiger partial charge in [-0.15, -0.1) is 0 Å². The van der Waals surface area contributed by atoms with E-state index in [0.29, 0.717) is 9.79 Å². The molecule has 0 aliphatic heterocycles. The minimum atomic E-state index is -3.34. The Kier molecular flexibility index (Phi) is 5.11. The highest BCUT2D eigenvalue weighted by Gasteiger charge is 2.15. The number of rotatable bonds is 2. The second-order valence-corrected chi connectivity index (χ2v) is 7.70. The zero-order valence-electron chi connectivity index (χ0n) is 13.4. The first-order valence-electron chi connectivity index (χ1n) is 8.10. The average Bonchev–Trinajstić information content (AvgIpc) is 3.12. The Morgan fingerprint density at radius 1 is 0.542 bits per heavy atom. The van der Waals surface area contributed by atoms with Gasteiger partial charge in [0, 0.05) is 0 Å². The van der Waals surface area contributed by atoms with Crippen LogP contribution < -0.4 is 0 Å². The number of hydrogen-bond donors (Lipinski definition) is 0. The Balaban J connectivity index is 0.000000159. The third kappa shape index (κ3) is 3.74. The van der Waals surface area contributed by atoms with Gasteiger partial charge in [0.2, 0.25) is 9.84 Å². The molecule has 0 saturated heterocycles. The van der Waals surface area contributed by atoms with Crippen LogP contribution in [0.4, 0.5) is 0 Å². The molecule has 4 rings (SSSR count). The molecule has 3 heteroatoms. The standard InChI is InChI=1S/C12H10O2S.C9H10/c13-15(14,11-7-3-1-4-8-11)12-9-5-2-6-10-12;1-2-5-9-7-3-6-8(9)4-1/h1-10H;1-2,4-5H,3,6-7H2. The summed E-state index contributed by atoms with van der Waals surface area (Å²) in [5.74, 6) is 0. The molecule has 0 heterocycles. The minimum absolute atomic E-state index is 0.330. The summed E-state index contributed by atoms with van der Waals surface area (Å²) in [6, 6.07) is 25.6. The van der Waals surface area contributed by atoms with Gasteiger partial charge in [-0.2, -0.15) is 0 Å². The molecule has 0 saturated carbocycles. The lowest BCUT2D eigenvalue weighted by molar-refractivity contribution is 0.596. The van der Waals surface area contributed by atoms with Crippen molar-refractivity contribution in [2.75, 3.05) is 0 Å². The van der Waals surface area contributed by atoms with Crippen molar-refractivity contribution in [3.8, 4) is 0 Å². The summed E-state index contributed by atoms with van der Waals surface area (Å²) < 4.78 is 24.1. The molecule has 0 unspecified atom stereocenters. The first-order valence-corrected chi connectivity index (χ1v) is 9.58. The number of aryl methyl sites for hydroxylation is 2. The van der Waals surface area contributed by atoms with E-state index < -0.39 is 9.84 Å². The predicted octanol–water partition coefficient (Wildman–Crippen LogP) is 4.69. The fourth-order valence-corrected chi connectivity index (χ4v) is 4.15. The van der Waals surface area contributed by atoms with Crippen LogP contribution in [0.5, 0.6) is 0 Å². The van der Waals surface area contributed by atoms with Gasteiger partial charge < -0.3 is 0 Å². The van der Waals surface area contributed by atoms with E-state index in [2.05, 4.69) is 24.3 Å². The van der Waals surface area contributed by atoms with E-state index in [1.54, 1.807) is 71.8 Å². The van der Waals surface area contributed by atoms with Crippen LogP contribution in [0.2, 0.25) is 0 Å². The van der Waals surface area contributed by atoms with Crippen molar-refractivity contribution in [3.63, 3.8) is 0 Å². The highest BCUT2D eigenvalue weighted by molar-refractivity contribution is 7.91. The van der Waals surface area contributed by atoms with Crippen LogP contribution in [-0.2, 0) is 22.7 Å². The van der Waals surface area contributed by atoms with Gasteiger partial charge in [-0.25, -0.2) is 8.42 Å². The Morgan fingerprint density at radius 3 is 1.33 bits per heavy atom. The molecule has 0 N–H and O–H groups in total. The number of sulfone groups is 1. The number of hydrogen-bond acceptors (Lipinski definition) is 2. The van der Waals surface area contributed by atoms with Crippen LogP contribution >= 0.6 is 0 Å². The Labute approximate surface area is 143 Å². The van der Waals surface area contributed by atoms with Crippen LogP contribution in [0.3, 0.4) is 0 Å². The summed E-state index contributed by atoms with van der Waals surface area (Å²) in [4.78, 5) is 0.660. The first kappa shape index (κ1) is 16.5. The van der Waals surface area contributed by atoms with Crippen molar-refractivity contribution in [3.05, 3.63) is 96.1 Å². The van der Waals surface area contributed by atoms with Crippen molar-refractivity contribution in [2.45, 2.75) is 29.1 Å². The van der Waals surface area contributed by atoms with Gasteiger partial charge >= 0.3 is 0 Å². The molecule has 2 nitrogen and oxygen atoms in total. The van der Waals surface area contributed by atoms with E-state index >= 15 is 0 Å². The third-order valence-electron chi connectivity index (χ3n) is 4.12. The summed E-state index contributed by atoms with van der Waals surface area (Å²) in [5.41, 5.74) is 3.13. The van der Waals surface area contributed by atoms with Gasteiger partial charge in [0.25, 0.3) is 0 Å². The Hall–Kier alpha value is -2.39. The minimum Gasteiger partial charge on any atom is -0.219 e. The molecule has 3 aromatic carbocycles. The van der Waals surface area contributed by atoms with Crippen molar-refractivity contribution >= 4 is 9.84 Å². The highest BCUT2D eigenvalue weighted by atomic mass is 32.2. The third-order valence-corrected chi connectivity index (χ3v) is 5.90. The Morgan fingerprint density at radius 2 is 0.917 bits per heavy atom. The van der Waals surface area contributed by atoms with E-state index in [1.807, 2.05) is 0 Å². The SMILES string of the molecule is O=S(=O)(c1ccccc1)c1ccccc1.c1ccc2c(c1)CCC2. The lowest BCUT2D eigenvalue weighted by Gasteiger charge is -2.03. The van der Waals surface area contributed by atoms with E-state index in [0.717, 1.165) is 0 Å². The molecular weight excluding hydrogens is 316 g/mol. The summed E-state index contributed by atoms with van der Waals surface area (Å²) in [7, 11) is -3.34. The molecule has 0 fully saturated rings. The second kappa shape index (κ2) is 7.45. The van der Waals surface area contributed by atoms with Crippen LogP contribution in [0.25, 0.3) is 0 Å². The van der Waals surface area contributed by atoms with Crippen LogP contribution in [0.1, 0.15) is 17.5 Å². The molecule has 0 bridgehead atoms. The van der Waals surface area contributed by atoms with E-state index in [1.165, 1.54) is 19.3 Å². The fraction of sp³-hybridized carbons (Fsp3) is 0.143. The highest BCUT2D eigenvalue weighted by Crippen LogP contribution is 2.20. The van der Waals surface area contributed by atoms with Gasteiger partial charge in [0.15, 0.2) is 0 Å². The molecule has 1 aliphatic carbocycles. The molecular formula is C21H20O2S. The smallest absolute Gasteiger partial charge is 0.206 e. The predicted molar refractivity (Wildman–Crippen MR) is 96.8 cm³/mol. The van der Waals surface area contributed by atoms with Crippen LogP contribution in [0.15, 0.2) is 94.7 Å². The summed E-state index contributed by atoms with van der Waals surface area (Å²) in [6.07, 6.45) is 3.96. The first-order chi connectivity index (χ1) is 11.7. The number of benzene rings is 3. The molecule has 122 valence electrons. The van der Waals surface area contributed by atoms with E-state index in [4.69, 9.17) is 0 Å². The van der Waals surface area contributed by atoms with Gasteiger partial charge in [-0.3, -0.25) is 0 Å². The maximum absolute atomic E-state index is 12.0. The molecule has 0 radical (unpaired) electrons. The van der Waals surface area contributed by atoms with E-state index in [-0.39, 0.29) is 0 Å². The lowest BCUT2D eigenvalue weighted by Crippen LogP contribution is -2.00. The lowest BCUT2D eigenvalue weighted by atomic mass is 10.1. The quantitative estimate of drug-likeness (QED) is 0.680. The zero-order valence-corrected chi connectivity index (χ0v) is 14.2. The zero-order chi connectivity index (χ0) is 16.8. The van der Waals surface area contributed by atoms with Crippen molar-refractivity contribution in [1.82, 2.24) is 0 Å². The molecule has 1 aliphatic rings. The molecule has 3 aromatic rings. The van der Waals surface area contributed by atoms with Gasteiger partial charge in [-0.1, -0.05) is 60.7 Å². The molecule has 0 amide bonds. The molecule has 0 atom stereocenters. The monoisotopic (exact) mass is 336 g/mol. The van der Waals surface area contributed by atoms with Crippen LogP contribution in [0, 0.1) is 0 Å². The largest absolute Gasteiger partial charge is 0.219 e.